The lowest BCUT2D eigenvalue weighted by Crippen LogP contribution is -2.43. The van der Waals surface area contributed by atoms with Gasteiger partial charge in [0.1, 0.15) is 5.01 Å². The molecule has 1 saturated heterocycles. The summed E-state index contributed by atoms with van der Waals surface area (Å²) in [4.78, 5) is 19.5. The quantitative estimate of drug-likeness (QED) is 0.713. The summed E-state index contributed by atoms with van der Waals surface area (Å²) in [6.07, 6.45) is 6.11. The van der Waals surface area contributed by atoms with Gasteiger partial charge < -0.3 is 14.8 Å². The molecule has 0 spiro atoms. The predicted molar refractivity (Wildman–Crippen MR) is 113 cm³/mol. The molecular formula is C22H29N3O3S. The van der Waals surface area contributed by atoms with Crippen LogP contribution in [0, 0.1) is 11.8 Å². The summed E-state index contributed by atoms with van der Waals surface area (Å²) in [6.45, 7) is 2.87. The van der Waals surface area contributed by atoms with E-state index in [1.54, 1.807) is 25.6 Å². The number of ether oxygens (including phenoxy) is 2. The molecule has 2 aliphatic rings. The number of aromatic nitrogens is 1. The molecule has 1 saturated carbocycles. The van der Waals surface area contributed by atoms with Crippen molar-refractivity contribution in [1.29, 1.82) is 0 Å². The zero-order valence-electron chi connectivity index (χ0n) is 17.1. The third kappa shape index (κ3) is 4.90. The van der Waals surface area contributed by atoms with Gasteiger partial charge in [0.2, 0.25) is 5.91 Å². The Morgan fingerprint density at radius 3 is 2.79 bits per heavy atom. The molecule has 156 valence electrons. The van der Waals surface area contributed by atoms with E-state index >= 15 is 0 Å². The number of hydrogen-bond donors (Lipinski definition) is 1. The summed E-state index contributed by atoms with van der Waals surface area (Å²) >= 11 is 1.64. The van der Waals surface area contributed by atoms with E-state index in [9.17, 15) is 4.79 Å². The number of nitrogens with one attached hydrogen (secondary N) is 1. The number of hydrogen-bond acceptors (Lipinski definition) is 6. The fourth-order valence-corrected chi connectivity index (χ4v) is 4.91. The van der Waals surface area contributed by atoms with E-state index in [0.29, 0.717) is 5.92 Å². The van der Waals surface area contributed by atoms with Crippen LogP contribution in [0.3, 0.4) is 0 Å². The zero-order valence-corrected chi connectivity index (χ0v) is 17.9. The molecule has 29 heavy (non-hydrogen) atoms. The van der Waals surface area contributed by atoms with Crippen molar-refractivity contribution in [3.05, 3.63) is 40.3 Å². The van der Waals surface area contributed by atoms with Crippen molar-refractivity contribution in [3.63, 3.8) is 0 Å². The Morgan fingerprint density at radius 1 is 1.28 bits per heavy atom. The summed E-state index contributed by atoms with van der Waals surface area (Å²) in [5.74, 6) is 2.29. The van der Waals surface area contributed by atoms with Gasteiger partial charge in [-0.2, -0.15) is 0 Å². The molecule has 0 unspecified atom stereocenters. The number of nitrogens with zero attached hydrogens (tertiary/aromatic N) is 2. The Bertz CT molecular complexity index is 823. The normalized spacial score (nSPS) is 20.8. The fourth-order valence-electron chi connectivity index (χ4n) is 4.13. The van der Waals surface area contributed by atoms with Crippen LogP contribution in [0.5, 0.6) is 11.5 Å². The van der Waals surface area contributed by atoms with Crippen molar-refractivity contribution in [3.8, 4) is 11.5 Å². The lowest BCUT2D eigenvalue weighted by molar-refractivity contribution is -0.123. The summed E-state index contributed by atoms with van der Waals surface area (Å²) in [5, 5.41) is 6.34. The lowest BCUT2D eigenvalue weighted by Gasteiger charge is -2.36. The van der Waals surface area contributed by atoms with E-state index < -0.39 is 0 Å². The molecule has 1 aliphatic heterocycles. The third-order valence-electron chi connectivity index (χ3n) is 5.83. The molecule has 0 bridgehead atoms. The van der Waals surface area contributed by atoms with Crippen LogP contribution in [0.15, 0.2) is 29.8 Å². The van der Waals surface area contributed by atoms with Crippen LogP contribution in [-0.2, 0) is 11.3 Å². The molecule has 2 heterocycles. The first-order valence-electron chi connectivity index (χ1n) is 10.3. The van der Waals surface area contributed by atoms with E-state index in [0.717, 1.165) is 61.8 Å². The summed E-state index contributed by atoms with van der Waals surface area (Å²) in [6, 6.07) is 6.12. The molecule has 0 radical (unpaired) electrons. The monoisotopic (exact) mass is 415 g/mol. The van der Waals surface area contributed by atoms with E-state index in [2.05, 4.69) is 27.3 Å². The third-order valence-corrected chi connectivity index (χ3v) is 6.69. The van der Waals surface area contributed by atoms with Crippen molar-refractivity contribution in [2.24, 2.45) is 11.8 Å². The number of likely N-dealkylation sites (tertiary alicyclic amines) is 1. The first kappa shape index (κ1) is 20.2. The maximum Gasteiger partial charge on any atom is 0.223 e. The maximum atomic E-state index is 12.5. The Balaban J connectivity index is 1.45. The Hall–Kier alpha value is -2.12. The first-order valence-corrected chi connectivity index (χ1v) is 11.2. The minimum Gasteiger partial charge on any atom is -0.493 e. The maximum absolute atomic E-state index is 12.5. The van der Waals surface area contributed by atoms with Gasteiger partial charge in [0.15, 0.2) is 11.5 Å². The van der Waals surface area contributed by atoms with Gasteiger partial charge in [0, 0.05) is 30.6 Å². The molecule has 2 atom stereocenters. The Morgan fingerprint density at radius 2 is 2.10 bits per heavy atom. The van der Waals surface area contributed by atoms with Gasteiger partial charge in [-0.25, -0.2) is 4.98 Å². The fraction of sp³-hybridized carbons (Fsp3) is 0.545. The highest BCUT2D eigenvalue weighted by molar-refractivity contribution is 7.09. The van der Waals surface area contributed by atoms with Gasteiger partial charge in [-0.05, 0) is 55.8 Å². The molecule has 1 amide bonds. The molecule has 1 aromatic heterocycles. The molecule has 1 aromatic carbocycles. The summed E-state index contributed by atoms with van der Waals surface area (Å²) < 4.78 is 10.8. The number of benzene rings is 1. The van der Waals surface area contributed by atoms with Gasteiger partial charge >= 0.3 is 0 Å². The highest BCUT2D eigenvalue weighted by Crippen LogP contribution is 2.35. The number of amides is 1. The van der Waals surface area contributed by atoms with Gasteiger partial charge in [-0.1, -0.05) is 6.07 Å². The molecule has 1 N–H and O–H groups in total. The van der Waals surface area contributed by atoms with Crippen LogP contribution >= 0.6 is 11.3 Å². The van der Waals surface area contributed by atoms with Crippen LogP contribution in [0.25, 0.3) is 0 Å². The van der Waals surface area contributed by atoms with E-state index in [4.69, 9.17) is 9.47 Å². The van der Waals surface area contributed by atoms with E-state index in [1.807, 2.05) is 17.6 Å². The highest BCUT2D eigenvalue weighted by Gasteiger charge is 2.36. The molecule has 6 nitrogen and oxygen atoms in total. The standard InChI is InChI=1S/C22H29N3O3S/c1-27-18-8-5-15(12-19(18)28-2)13-25-10-3-4-17(14-25)20(22-23-9-11-29-22)24-21(26)16-6-7-16/h5,8-9,11-12,16-17,20H,3-4,6-7,10,13-14H2,1-2H3,(H,24,26)/t17-,20+/m0/s1. The minimum atomic E-state index is 0.0105. The predicted octanol–water partition coefficient (Wildman–Crippen LogP) is 3.64. The summed E-state index contributed by atoms with van der Waals surface area (Å²) in [7, 11) is 3.32. The van der Waals surface area contributed by atoms with E-state index in [-0.39, 0.29) is 17.9 Å². The second kappa shape index (κ2) is 9.13. The number of methoxy groups -OCH3 is 2. The van der Waals surface area contributed by atoms with Crippen molar-refractivity contribution >= 4 is 17.2 Å². The van der Waals surface area contributed by atoms with Crippen molar-refractivity contribution in [2.75, 3.05) is 27.3 Å². The van der Waals surface area contributed by atoms with Crippen molar-refractivity contribution in [2.45, 2.75) is 38.3 Å². The SMILES string of the molecule is COc1ccc(CN2CCC[C@H]([C@@H](NC(=O)C3CC3)c3nccs3)C2)cc1OC. The number of carbonyl (C=O) groups excluding carboxylic acids is 1. The number of thiazole rings is 1. The number of carbonyl (C=O) groups is 1. The average molecular weight is 416 g/mol. The molecule has 2 fully saturated rings. The minimum absolute atomic E-state index is 0.0105. The Labute approximate surface area is 176 Å². The van der Waals surface area contributed by atoms with Gasteiger partial charge in [-0.3, -0.25) is 9.69 Å². The van der Waals surface area contributed by atoms with Crippen LogP contribution < -0.4 is 14.8 Å². The zero-order chi connectivity index (χ0) is 20.2. The molecule has 4 rings (SSSR count). The van der Waals surface area contributed by atoms with Crippen LogP contribution in [0.2, 0.25) is 0 Å². The second-order valence-corrected chi connectivity index (χ2v) is 8.88. The largest absolute Gasteiger partial charge is 0.493 e. The molecular weight excluding hydrogens is 386 g/mol. The topological polar surface area (TPSA) is 63.7 Å². The van der Waals surface area contributed by atoms with Gasteiger partial charge in [0.25, 0.3) is 0 Å². The summed E-state index contributed by atoms with van der Waals surface area (Å²) in [5.41, 5.74) is 1.20. The number of rotatable bonds is 8. The van der Waals surface area contributed by atoms with E-state index in [1.165, 1.54) is 5.56 Å². The lowest BCUT2D eigenvalue weighted by atomic mass is 9.90. The average Bonchev–Trinajstić information content (AvgIpc) is 3.47. The van der Waals surface area contributed by atoms with Crippen LogP contribution in [0.4, 0.5) is 0 Å². The van der Waals surface area contributed by atoms with Crippen LogP contribution in [0.1, 0.15) is 42.3 Å². The van der Waals surface area contributed by atoms with Gasteiger partial charge in [0.05, 0.1) is 20.3 Å². The molecule has 7 heteroatoms. The van der Waals surface area contributed by atoms with Crippen molar-refractivity contribution in [1.82, 2.24) is 15.2 Å². The highest BCUT2D eigenvalue weighted by atomic mass is 32.1. The Kier molecular flexibility index (Phi) is 6.35. The van der Waals surface area contributed by atoms with Crippen LogP contribution in [-0.4, -0.2) is 43.1 Å². The number of piperidine rings is 1. The molecule has 2 aromatic rings. The smallest absolute Gasteiger partial charge is 0.223 e. The van der Waals surface area contributed by atoms with Gasteiger partial charge in [-0.15, -0.1) is 11.3 Å². The first-order chi connectivity index (χ1) is 14.2. The molecule has 1 aliphatic carbocycles. The second-order valence-electron chi connectivity index (χ2n) is 7.96. The van der Waals surface area contributed by atoms with Crippen molar-refractivity contribution < 1.29 is 14.3 Å².